The number of aromatic nitrogens is 2. The van der Waals surface area contributed by atoms with E-state index in [-0.39, 0.29) is 11.8 Å². The number of carbonyl (C=O) groups is 1. The highest BCUT2D eigenvalue weighted by Gasteiger charge is 2.30. The first-order valence-electron chi connectivity index (χ1n) is 10.2. The number of ether oxygens (including phenoxy) is 1. The smallest absolute Gasteiger partial charge is 0.254 e. The maximum atomic E-state index is 13.6. The molecule has 0 radical (unpaired) electrons. The minimum Gasteiger partial charge on any atom is -0.496 e. The number of aryl methyl sites for hydroxylation is 1. The molecule has 1 saturated heterocycles. The van der Waals surface area contributed by atoms with Crippen LogP contribution in [0.3, 0.4) is 0 Å². The second-order valence-corrected chi connectivity index (χ2v) is 7.44. The number of likely N-dealkylation sites (tertiary alicyclic amines) is 1. The van der Waals surface area contributed by atoms with Gasteiger partial charge in [-0.25, -0.2) is 0 Å². The topological polar surface area (TPSA) is 68.5 Å². The van der Waals surface area contributed by atoms with Crippen molar-refractivity contribution in [2.45, 2.75) is 25.7 Å². The lowest BCUT2D eigenvalue weighted by Crippen LogP contribution is -2.39. The Morgan fingerprint density at radius 2 is 1.93 bits per heavy atom. The van der Waals surface area contributed by atoms with Crippen molar-refractivity contribution < 1.29 is 14.1 Å². The number of hydrogen-bond acceptors (Lipinski definition) is 5. The van der Waals surface area contributed by atoms with Gasteiger partial charge in [-0.1, -0.05) is 53.7 Å². The molecule has 1 aromatic heterocycles. The molecule has 4 rings (SSSR count). The van der Waals surface area contributed by atoms with Crippen LogP contribution in [0.25, 0.3) is 11.6 Å². The van der Waals surface area contributed by atoms with E-state index >= 15 is 0 Å². The maximum absolute atomic E-state index is 13.6. The fraction of sp³-hybridized carbons (Fsp3) is 0.292. The molecule has 154 valence electrons. The van der Waals surface area contributed by atoms with Crippen molar-refractivity contribution in [1.82, 2.24) is 15.0 Å². The van der Waals surface area contributed by atoms with Crippen LogP contribution in [-0.4, -0.2) is 41.1 Å². The van der Waals surface area contributed by atoms with E-state index < -0.39 is 0 Å². The van der Waals surface area contributed by atoms with Crippen LogP contribution >= 0.6 is 0 Å². The number of benzene rings is 2. The summed E-state index contributed by atoms with van der Waals surface area (Å²) >= 11 is 0. The number of methoxy groups -OCH3 is 1. The van der Waals surface area contributed by atoms with E-state index in [1.165, 1.54) is 0 Å². The molecule has 0 aliphatic carbocycles. The number of amides is 1. The van der Waals surface area contributed by atoms with Gasteiger partial charge in [0.15, 0.2) is 5.82 Å². The molecule has 6 heteroatoms. The third-order valence-electron chi connectivity index (χ3n) is 5.36. The van der Waals surface area contributed by atoms with Crippen molar-refractivity contribution in [2.75, 3.05) is 20.2 Å². The van der Waals surface area contributed by atoms with Gasteiger partial charge in [0.25, 0.3) is 5.91 Å². The van der Waals surface area contributed by atoms with Crippen LogP contribution in [0.2, 0.25) is 0 Å². The molecule has 0 spiro atoms. The van der Waals surface area contributed by atoms with Crippen molar-refractivity contribution in [3.05, 3.63) is 77.4 Å². The van der Waals surface area contributed by atoms with E-state index in [4.69, 9.17) is 9.26 Å². The summed E-state index contributed by atoms with van der Waals surface area (Å²) in [5.74, 6) is 2.02. The molecule has 0 bridgehead atoms. The molecule has 3 aromatic rings. The standard InChI is InChI=1S/C24H25N3O3/c1-17-25-23(30-26-17)20-12-8-14-27(16-20)24(28)21(18-9-4-3-5-10-18)15-19-11-6-7-13-22(19)29-2/h3-7,9-11,13,15,20H,8,12,14,16H2,1-2H3/b21-15+. The molecule has 1 fully saturated rings. The predicted octanol–water partition coefficient (Wildman–Crippen LogP) is 4.33. The second-order valence-electron chi connectivity index (χ2n) is 7.44. The summed E-state index contributed by atoms with van der Waals surface area (Å²) in [6, 6.07) is 17.5. The van der Waals surface area contributed by atoms with E-state index in [0.29, 0.717) is 30.4 Å². The summed E-state index contributed by atoms with van der Waals surface area (Å²) < 4.78 is 10.9. The Morgan fingerprint density at radius 1 is 1.17 bits per heavy atom. The molecule has 1 aliphatic rings. The first-order valence-corrected chi connectivity index (χ1v) is 10.2. The zero-order chi connectivity index (χ0) is 20.9. The highest BCUT2D eigenvalue weighted by atomic mass is 16.5. The Labute approximate surface area is 176 Å². The van der Waals surface area contributed by atoms with Crippen LogP contribution in [0.15, 0.2) is 59.1 Å². The summed E-state index contributed by atoms with van der Waals surface area (Å²) in [4.78, 5) is 19.9. The lowest BCUT2D eigenvalue weighted by atomic mass is 9.95. The maximum Gasteiger partial charge on any atom is 0.254 e. The molecule has 1 aliphatic heterocycles. The monoisotopic (exact) mass is 403 g/mol. The molecule has 1 unspecified atom stereocenters. The quantitative estimate of drug-likeness (QED) is 0.468. The second kappa shape index (κ2) is 8.95. The van der Waals surface area contributed by atoms with Gasteiger partial charge < -0.3 is 14.2 Å². The highest BCUT2D eigenvalue weighted by molar-refractivity contribution is 6.24. The largest absolute Gasteiger partial charge is 0.496 e. The normalized spacial score (nSPS) is 17.1. The third-order valence-corrected chi connectivity index (χ3v) is 5.36. The number of para-hydroxylation sites is 1. The van der Waals surface area contributed by atoms with Crippen molar-refractivity contribution in [2.24, 2.45) is 0 Å². The number of carbonyl (C=O) groups excluding carboxylic acids is 1. The van der Waals surface area contributed by atoms with Gasteiger partial charge in [0.2, 0.25) is 5.89 Å². The van der Waals surface area contributed by atoms with Gasteiger partial charge in [-0.2, -0.15) is 4.98 Å². The van der Waals surface area contributed by atoms with Crippen molar-refractivity contribution in [1.29, 1.82) is 0 Å². The highest BCUT2D eigenvalue weighted by Crippen LogP contribution is 2.30. The van der Waals surface area contributed by atoms with Crippen LogP contribution in [0, 0.1) is 6.92 Å². The Hall–Kier alpha value is -3.41. The summed E-state index contributed by atoms with van der Waals surface area (Å²) in [5.41, 5.74) is 2.39. The third kappa shape index (κ3) is 4.27. The number of rotatable bonds is 5. The van der Waals surface area contributed by atoms with Gasteiger partial charge in [0, 0.05) is 24.2 Å². The molecule has 0 saturated carbocycles. The first kappa shape index (κ1) is 19.9. The van der Waals surface area contributed by atoms with Crippen molar-refractivity contribution in [3.63, 3.8) is 0 Å². The van der Waals surface area contributed by atoms with E-state index in [1.807, 2.05) is 72.5 Å². The molecule has 1 amide bonds. The molecular weight excluding hydrogens is 378 g/mol. The fourth-order valence-electron chi connectivity index (χ4n) is 3.84. The zero-order valence-electron chi connectivity index (χ0n) is 17.2. The van der Waals surface area contributed by atoms with Crippen molar-refractivity contribution in [3.8, 4) is 5.75 Å². The van der Waals surface area contributed by atoms with Gasteiger partial charge in [-0.05, 0) is 37.5 Å². The van der Waals surface area contributed by atoms with Gasteiger partial charge >= 0.3 is 0 Å². The lowest BCUT2D eigenvalue weighted by molar-refractivity contribution is -0.126. The minimum absolute atomic E-state index is 0.00644. The van der Waals surface area contributed by atoms with E-state index in [2.05, 4.69) is 10.1 Å². The molecule has 30 heavy (non-hydrogen) atoms. The van der Waals surface area contributed by atoms with E-state index in [0.717, 1.165) is 29.7 Å². The average Bonchev–Trinajstić information content (AvgIpc) is 3.24. The van der Waals surface area contributed by atoms with Crippen LogP contribution in [0.1, 0.15) is 41.6 Å². The van der Waals surface area contributed by atoms with Gasteiger partial charge in [-0.3, -0.25) is 4.79 Å². The van der Waals surface area contributed by atoms with E-state index in [1.54, 1.807) is 7.11 Å². The van der Waals surface area contributed by atoms with Crippen LogP contribution in [0.5, 0.6) is 5.75 Å². The first-order chi connectivity index (χ1) is 14.7. The SMILES string of the molecule is COc1ccccc1/C=C(/C(=O)N1CCCC(c2nc(C)no2)C1)c1ccccc1. The molecule has 6 nitrogen and oxygen atoms in total. The van der Waals surface area contributed by atoms with Crippen LogP contribution in [0.4, 0.5) is 0 Å². The summed E-state index contributed by atoms with van der Waals surface area (Å²) in [7, 11) is 1.64. The summed E-state index contributed by atoms with van der Waals surface area (Å²) in [6.07, 6.45) is 3.74. The summed E-state index contributed by atoms with van der Waals surface area (Å²) in [5, 5.41) is 3.90. The van der Waals surface area contributed by atoms with Crippen LogP contribution < -0.4 is 4.74 Å². The minimum atomic E-state index is -0.00644. The molecule has 0 N–H and O–H groups in total. The number of piperidine rings is 1. The van der Waals surface area contributed by atoms with Gasteiger partial charge in [-0.15, -0.1) is 0 Å². The Kier molecular flexibility index (Phi) is 5.93. The van der Waals surface area contributed by atoms with Crippen LogP contribution in [-0.2, 0) is 4.79 Å². The molecular formula is C24H25N3O3. The fourth-order valence-corrected chi connectivity index (χ4v) is 3.84. The van der Waals surface area contributed by atoms with Gasteiger partial charge in [0.05, 0.1) is 13.0 Å². The number of nitrogens with zero attached hydrogens (tertiary/aromatic N) is 3. The molecule has 1 atom stereocenters. The summed E-state index contributed by atoms with van der Waals surface area (Å²) in [6.45, 7) is 3.08. The van der Waals surface area contributed by atoms with E-state index in [9.17, 15) is 4.79 Å². The molecule has 2 aromatic carbocycles. The van der Waals surface area contributed by atoms with Gasteiger partial charge in [0.1, 0.15) is 5.75 Å². The molecule has 2 heterocycles. The Morgan fingerprint density at radius 3 is 2.67 bits per heavy atom. The Bertz CT molecular complexity index is 1040. The predicted molar refractivity (Wildman–Crippen MR) is 115 cm³/mol. The Balaban J connectivity index is 1.67. The van der Waals surface area contributed by atoms with Crippen molar-refractivity contribution >= 4 is 17.6 Å². The lowest BCUT2D eigenvalue weighted by Gasteiger charge is -2.32. The zero-order valence-corrected chi connectivity index (χ0v) is 17.2. The average molecular weight is 403 g/mol. The number of hydrogen-bond donors (Lipinski definition) is 0.